The lowest BCUT2D eigenvalue weighted by Gasteiger charge is -2.13. The van der Waals surface area contributed by atoms with Crippen molar-refractivity contribution in [3.8, 4) is 5.75 Å². The first-order valence-corrected chi connectivity index (χ1v) is 4.74. The molecule has 4 heteroatoms. The van der Waals surface area contributed by atoms with E-state index in [-0.39, 0.29) is 12.3 Å². The highest BCUT2D eigenvalue weighted by Gasteiger charge is 2.14. The summed E-state index contributed by atoms with van der Waals surface area (Å²) in [4.78, 5) is 10.6. The van der Waals surface area contributed by atoms with Gasteiger partial charge in [0.25, 0.3) is 0 Å². The zero-order valence-electron chi connectivity index (χ0n) is 8.40. The number of carbonyl (C=O) groups is 1. The third-order valence-electron chi connectivity index (χ3n) is 2.36. The second-order valence-corrected chi connectivity index (χ2v) is 3.41. The van der Waals surface area contributed by atoms with Gasteiger partial charge in [0, 0.05) is 0 Å². The molecule has 0 radical (unpaired) electrons. The highest BCUT2D eigenvalue weighted by atomic mass is 19.1. The first-order valence-electron chi connectivity index (χ1n) is 4.74. The van der Waals surface area contributed by atoms with Gasteiger partial charge in [0.15, 0.2) is 11.6 Å². The Morgan fingerprint density at radius 1 is 1.53 bits per heavy atom. The summed E-state index contributed by atoms with van der Waals surface area (Å²) in [6.07, 6.45) is 0.624. The molecule has 1 aromatic carbocycles. The van der Waals surface area contributed by atoms with Crippen LogP contribution in [-0.4, -0.2) is 16.2 Å². The van der Waals surface area contributed by atoms with E-state index in [9.17, 15) is 9.18 Å². The van der Waals surface area contributed by atoms with Crippen LogP contribution in [0.15, 0.2) is 18.2 Å². The number of halogens is 1. The summed E-state index contributed by atoms with van der Waals surface area (Å²) in [7, 11) is 0. The number of rotatable bonds is 4. The highest BCUT2D eigenvalue weighted by Crippen LogP contribution is 2.27. The number of benzene rings is 1. The van der Waals surface area contributed by atoms with Crippen molar-refractivity contribution in [1.82, 2.24) is 0 Å². The molecular formula is C11H13FO3. The standard InChI is InChI=1S/C11H13FO3/c1-2-7(6-11(14)15)8-3-4-9(12)10(13)5-8/h3-5,7,13H,2,6H2,1H3,(H,14,15)/t7-/m1/s1. The van der Waals surface area contributed by atoms with Crippen LogP contribution in [0, 0.1) is 5.82 Å². The molecular weight excluding hydrogens is 199 g/mol. The first-order chi connectivity index (χ1) is 7.04. The molecule has 0 fully saturated rings. The molecule has 0 heterocycles. The van der Waals surface area contributed by atoms with Crippen LogP contribution in [0.5, 0.6) is 5.75 Å². The number of hydrogen-bond acceptors (Lipinski definition) is 2. The molecule has 0 amide bonds. The van der Waals surface area contributed by atoms with Crippen LogP contribution in [0.4, 0.5) is 4.39 Å². The minimum Gasteiger partial charge on any atom is -0.505 e. The minimum absolute atomic E-state index is 0.0123. The zero-order valence-corrected chi connectivity index (χ0v) is 8.40. The topological polar surface area (TPSA) is 57.5 Å². The maximum atomic E-state index is 12.8. The number of carboxylic acid groups (broad SMARTS) is 1. The Kier molecular flexibility index (Phi) is 3.66. The lowest BCUT2D eigenvalue weighted by molar-refractivity contribution is -0.137. The van der Waals surface area contributed by atoms with Crippen molar-refractivity contribution in [2.45, 2.75) is 25.7 Å². The second-order valence-electron chi connectivity index (χ2n) is 3.41. The van der Waals surface area contributed by atoms with Crippen LogP contribution >= 0.6 is 0 Å². The molecule has 0 aliphatic heterocycles. The maximum Gasteiger partial charge on any atom is 0.303 e. The Labute approximate surface area is 87.2 Å². The molecule has 0 saturated carbocycles. The van der Waals surface area contributed by atoms with E-state index in [1.807, 2.05) is 6.92 Å². The fourth-order valence-corrected chi connectivity index (χ4v) is 1.49. The molecule has 0 aliphatic rings. The fourth-order valence-electron chi connectivity index (χ4n) is 1.49. The van der Waals surface area contributed by atoms with Gasteiger partial charge in [-0.2, -0.15) is 0 Å². The highest BCUT2D eigenvalue weighted by molar-refractivity contribution is 5.68. The van der Waals surface area contributed by atoms with Crippen molar-refractivity contribution >= 4 is 5.97 Å². The van der Waals surface area contributed by atoms with Gasteiger partial charge >= 0.3 is 5.97 Å². The van der Waals surface area contributed by atoms with E-state index in [1.54, 1.807) is 0 Å². The Balaban J connectivity index is 2.92. The average molecular weight is 212 g/mol. The molecule has 0 saturated heterocycles. The van der Waals surface area contributed by atoms with Gasteiger partial charge in [-0.05, 0) is 30.0 Å². The number of aliphatic carboxylic acids is 1. The molecule has 0 unspecified atom stereocenters. The van der Waals surface area contributed by atoms with E-state index in [1.165, 1.54) is 12.1 Å². The molecule has 3 nitrogen and oxygen atoms in total. The van der Waals surface area contributed by atoms with E-state index in [0.29, 0.717) is 12.0 Å². The molecule has 0 aliphatic carbocycles. The normalized spacial score (nSPS) is 12.4. The number of aromatic hydroxyl groups is 1. The third-order valence-corrected chi connectivity index (χ3v) is 2.36. The Morgan fingerprint density at radius 3 is 2.67 bits per heavy atom. The summed E-state index contributed by atoms with van der Waals surface area (Å²) >= 11 is 0. The predicted octanol–water partition coefficient (Wildman–Crippen LogP) is 2.50. The van der Waals surface area contributed by atoms with Gasteiger partial charge < -0.3 is 10.2 Å². The lowest BCUT2D eigenvalue weighted by atomic mass is 9.93. The fraction of sp³-hybridized carbons (Fsp3) is 0.364. The quantitative estimate of drug-likeness (QED) is 0.806. The molecule has 1 aromatic rings. The summed E-state index contributed by atoms with van der Waals surface area (Å²) < 4.78 is 12.8. The molecule has 15 heavy (non-hydrogen) atoms. The number of phenolic OH excluding ortho intramolecular Hbond substituents is 1. The minimum atomic E-state index is -0.898. The van der Waals surface area contributed by atoms with E-state index in [4.69, 9.17) is 10.2 Å². The SMILES string of the molecule is CC[C@H](CC(=O)O)c1ccc(F)c(O)c1. The number of hydrogen-bond donors (Lipinski definition) is 2. The van der Waals surface area contributed by atoms with Crippen molar-refractivity contribution in [1.29, 1.82) is 0 Å². The van der Waals surface area contributed by atoms with Crippen molar-refractivity contribution in [2.24, 2.45) is 0 Å². The summed E-state index contributed by atoms with van der Waals surface area (Å²) in [5.74, 6) is -2.21. The van der Waals surface area contributed by atoms with Gasteiger partial charge in [-0.1, -0.05) is 13.0 Å². The number of phenols is 1. The summed E-state index contributed by atoms with van der Waals surface area (Å²) in [5.41, 5.74) is 0.652. The van der Waals surface area contributed by atoms with Crippen LogP contribution in [0.1, 0.15) is 31.2 Å². The van der Waals surface area contributed by atoms with Crippen molar-refractivity contribution < 1.29 is 19.4 Å². The van der Waals surface area contributed by atoms with Crippen molar-refractivity contribution in [3.63, 3.8) is 0 Å². The van der Waals surface area contributed by atoms with Crippen molar-refractivity contribution in [3.05, 3.63) is 29.6 Å². The van der Waals surface area contributed by atoms with Crippen molar-refractivity contribution in [2.75, 3.05) is 0 Å². The molecule has 2 N–H and O–H groups in total. The van der Waals surface area contributed by atoms with Gasteiger partial charge in [-0.25, -0.2) is 4.39 Å². The second kappa shape index (κ2) is 4.77. The van der Waals surface area contributed by atoms with Crippen LogP contribution in [0.25, 0.3) is 0 Å². The first kappa shape index (κ1) is 11.5. The van der Waals surface area contributed by atoms with E-state index in [2.05, 4.69) is 0 Å². The Morgan fingerprint density at radius 2 is 2.20 bits per heavy atom. The molecule has 0 spiro atoms. The smallest absolute Gasteiger partial charge is 0.303 e. The van der Waals surface area contributed by atoms with E-state index in [0.717, 1.165) is 6.07 Å². The molecule has 0 bridgehead atoms. The summed E-state index contributed by atoms with van der Waals surface area (Å²) in [6.45, 7) is 1.86. The average Bonchev–Trinajstić information content (AvgIpc) is 2.18. The van der Waals surface area contributed by atoms with Crippen LogP contribution in [0.3, 0.4) is 0 Å². The maximum absolute atomic E-state index is 12.8. The lowest BCUT2D eigenvalue weighted by Crippen LogP contribution is -2.05. The summed E-state index contributed by atoms with van der Waals surface area (Å²) in [6, 6.07) is 3.94. The van der Waals surface area contributed by atoms with Gasteiger partial charge in [-0.15, -0.1) is 0 Å². The predicted molar refractivity (Wildman–Crippen MR) is 53.3 cm³/mol. The molecule has 82 valence electrons. The number of carboxylic acids is 1. The van der Waals surface area contributed by atoms with Crippen LogP contribution in [-0.2, 0) is 4.79 Å². The monoisotopic (exact) mass is 212 g/mol. The molecule has 1 rings (SSSR count). The van der Waals surface area contributed by atoms with Crippen LogP contribution < -0.4 is 0 Å². The third kappa shape index (κ3) is 2.94. The Hall–Kier alpha value is -1.58. The van der Waals surface area contributed by atoms with E-state index < -0.39 is 17.5 Å². The van der Waals surface area contributed by atoms with Gasteiger partial charge in [-0.3, -0.25) is 4.79 Å². The van der Waals surface area contributed by atoms with Gasteiger partial charge in [0.1, 0.15) is 0 Å². The molecule has 1 atom stereocenters. The van der Waals surface area contributed by atoms with Gasteiger partial charge in [0.2, 0.25) is 0 Å². The summed E-state index contributed by atoms with van der Waals surface area (Å²) in [5, 5.41) is 17.8. The zero-order chi connectivity index (χ0) is 11.4. The Bertz CT molecular complexity index is 363. The van der Waals surface area contributed by atoms with E-state index >= 15 is 0 Å². The van der Waals surface area contributed by atoms with Crippen LogP contribution in [0.2, 0.25) is 0 Å². The van der Waals surface area contributed by atoms with Gasteiger partial charge in [0.05, 0.1) is 6.42 Å². The molecule has 0 aromatic heterocycles. The largest absolute Gasteiger partial charge is 0.505 e.